The van der Waals surface area contributed by atoms with Gasteiger partial charge in [-0.05, 0) is 61.3 Å². The first kappa shape index (κ1) is 27.6. The SMILES string of the molecule is CC(C)NC(C)C.Cc1ccccc1S(=O)(=O)Nc1cc(Br)sc1C(=O)OC(C)(C)C. The van der Waals surface area contributed by atoms with Crippen molar-refractivity contribution in [3.63, 3.8) is 0 Å². The largest absolute Gasteiger partial charge is 0.456 e. The summed E-state index contributed by atoms with van der Waals surface area (Å²) in [6, 6.07) is 9.46. The van der Waals surface area contributed by atoms with E-state index >= 15 is 0 Å². The van der Waals surface area contributed by atoms with E-state index in [-0.39, 0.29) is 15.5 Å². The zero-order valence-electron chi connectivity index (χ0n) is 19.4. The van der Waals surface area contributed by atoms with Gasteiger partial charge < -0.3 is 10.1 Å². The number of nitrogens with one attached hydrogen (secondary N) is 2. The van der Waals surface area contributed by atoms with Crippen molar-refractivity contribution >= 4 is 48.9 Å². The van der Waals surface area contributed by atoms with Crippen LogP contribution < -0.4 is 10.0 Å². The van der Waals surface area contributed by atoms with Crippen molar-refractivity contribution in [2.24, 2.45) is 0 Å². The number of rotatable bonds is 6. The average Bonchev–Trinajstić information content (AvgIpc) is 2.92. The second kappa shape index (κ2) is 11.4. The van der Waals surface area contributed by atoms with Crippen LogP contribution >= 0.6 is 27.3 Å². The predicted octanol–water partition coefficient (Wildman–Crippen LogP) is 5.97. The Morgan fingerprint density at radius 2 is 1.65 bits per heavy atom. The van der Waals surface area contributed by atoms with E-state index in [4.69, 9.17) is 4.74 Å². The number of thiophene rings is 1. The molecule has 0 atom stereocenters. The molecule has 0 aliphatic carbocycles. The van der Waals surface area contributed by atoms with Crippen molar-refractivity contribution in [2.45, 2.75) is 78.0 Å². The number of sulfonamides is 1. The summed E-state index contributed by atoms with van der Waals surface area (Å²) in [5.41, 5.74) is 0.155. The van der Waals surface area contributed by atoms with Crippen LogP contribution in [-0.4, -0.2) is 32.1 Å². The highest BCUT2D eigenvalue weighted by molar-refractivity contribution is 9.11. The van der Waals surface area contributed by atoms with E-state index in [0.29, 0.717) is 21.4 Å². The number of halogens is 1. The smallest absolute Gasteiger partial charge is 0.351 e. The minimum absolute atomic E-state index is 0.169. The summed E-state index contributed by atoms with van der Waals surface area (Å²) in [6.45, 7) is 15.6. The summed E-state index contributed by atoms with van der Waals surface area (Å²) >= 11 is 4.40. The van der Waals surface area contributed by atoms with Crippen LogP contribution in [0.3, 0.4) is 0 Å². The molecule has 0 aliphatic heterocycles. The highest BCUT2D eigenvalue weighted by Gasteiger charge is 2.26. The fraction of sp³-hybridized carbons (Fsp3) is 0.500. The number of aryl methyl sites for hydroxylation is 1. The summed E-state index contributed by atoms with van der Waals surface area (Å²) in [5.74, 6) is -0.569. The Morgan fingerprint density at radius 3 is 2.10 bits per heavy atom. The van der Waals surface area contributed by atoms with Gasteiger partial charge in [0, 0.05) is 12.1 Å². The number of hydrogen-bond donors (Lipinski definition) is 2. The molecule has 31 heavy (non-hydrogen) atoms. The number of carbonyl (C=O) groups is 1. The number of esters is 1. The van der Waals surface area contributed by atoms with Crippen LogP contribution in [0, 0.1) is 6.92 Å². The first-order valence-corrected chi connectivity index (χ1v) is 13.1. The van der Waals surface area contributed by atoms with Crippen molar-refractivity contribution in [1.82, 2.24) is 5.32 Å². The number of carbonyl (C=O) groups excluding carboxylic acids is 1. The minimum Gasteiger partial charge on any atom is -0.456 e. The van der Waals surface area contributed by atoms with Gasteiger partial charge >= 0.3 is 5.97 Å². The molecule has 1 aromatic carbocycles. The maximum absolute atomic E-state index is 12.6. The van der Waals surface area contributed by atoms with Gasteiger partial charge in [0.2, 0.25) is 0 Å². The Kier molecular flexibility index (Phi) is 10.2. The first-order valence-electron chi connectivity index (χ1n) is 9.99. The molecule has 2 N–H and O–H groups in total. The van der Waals surface area contributed by atoms with Crippen LogP contribution in [-0.2, 0) is 14.8 Å². The molecule has 0 amide bonds. The fourth-order valence-corrected chi connectivity index (χ4v) is 5.44. The molecular weight excluding hydrogens is 500 g/mol. The molecule has 0 saturated heterocycles. The molecule has 1 aromatic heterocycles. The second-order valence-electron chi connectivity index (χ2n) is 8.64. The third-order valence-electron chi connectivity index (χ3n) is 3.58. The van der Waals surface area contributed by atoms with Crippen LogP contribution in [0.25, 0.3) is 0 Å². The Balaban J connectivity index is 0.000000592. The second-order valence-corrected chi connectivity index (χ2v) is 12.7. The van der Waals surface area contributed by atoms with Crippen LogP contribution in [0.5, 0.6) is 0 Å². The zero-order chi connectivity index (χ0) is 24.0. The lowest BCUT2D eigenvalue weighted by Crippen LogP contribution is -2.29. The summed E-state index contributed by atoms with van der Waals surface area (Å²) in [6.07, 6.45) is 0. The lowest BCUT2D eigenvalue weighted by molar-refractivity contribution is 0.00764. The lowest BCUT2D eigenvalue weighted by atomic mass is 10.2. The number of benzene rings is 1. The van der Waals surface area contributed by atoms with Gasteiger partial charge in [-0.25, -0.2) is 13.2 Å². The molecule has 1 heterocycles. The fourth-order valence-electron chi connectivity index (χ4n) is 2.64. The standard InChI is InChI=1S/C16H18BrNO4S2.C6H15N/c1-10-7-5-6-8-12(10)24(20,21)18-11-9-13(17)23-14(11)15(19)22-16(2,3)4;1-5(2)7-6(3)4/h5-9,18H,1-4H3;5-7H,1-4H3. The van der Waals surface area contributed by atoms with Gasteiger partial charge in [-0.1, -0.05) is 45.9 Å². The molecule has 0 bridgehead atoms. The molecule has 2 rings (SSSR count). The Labute approximate surface area is 199 Å². The van der Waals surface area contributed by atoms with Crippen molar-refractivity contribution < 1.29 is 17.9 Å². The van der Waals surface area contributed by atoms with Crippen LogP contribution in [0.4, 0.5) is 5.69 Å². The zero-order valence-corrected chi connectivity index (χ0v) is 22.6. The molecule has 0 radical (unpaired) electrons. The van der Waals surface area contributed by atoms with E-state index in [0.717, 1.165) is 11.3 Å². The molecule has 0 aliphatic rings. The highest BCUT2D eigenvalue weighted by atomic mass is 79.9. The van der Waals surface area contributed by atoms with Gasteiger partial charge in [0.25, 0.3) is 10.0 Å². The molecule has 0 fully saturated rings. The number of ether oxygens (including phenoxy) is 1. The van der Waals surface area contributed by atoms with E-state index in [9.17, 15) is 13.2 Å². The van der Waals surface area contributed by atoms with Crippen LogP contribution in [0.15, 0.2) is 39.0 Å². The van der Waals surface area contributed by atoms with E-state index in [2.05, 4.69) is 53.7 Å². The topological polar surface area (TPSA) is 84.5 Å². The first-order chi connectivity index (χ1) is 14.1. The summed E-state index contributed by atoms with van der Waals surface area (Å²) in [5, 5.41) is 3.31. The molecule has 0 spiro atoms. The average molecular weight is 534 g/mol. The molecule has 9 heteroatoms. The van der Waals surface area contributed by atoms with Gasteiger partial charge in [0.15, 0.2) is 0 Å². The third kappa shape index (κ3) is 9.72. The van der Waals surface area contributed by atoms with Gasteiger partial charge in [-0.15, -0.1) is 11.3 Å². The Hall–Kier alpha value is -1.42. The molecule has 0 unspecified atom stereocenters. The van der Waals surface area contributed by atoms with E-state index in [1.54, 1.807) is 52.0 Å². The van der Waals surface area contributed by atoms with E-state index in [1.165, 1.54) is 6.07 Å². The normalized spacial score (nSPS) is 11.8. The number of anilines is 1. The third-order valence-corrected chi connectivity index (χ3v) is 6.72. The van der Waals surface area contributed by atoms with Crippen LogP contribution in [0.1, 0.15) is 63.7 Å². The van der Waals surface area contributed by atoms with Gasteiger partial charge in [0.1, 0.15) is 10.5 Å². The Morgan fingerprint density at radius 1 is 1.10 bits per heavy atom. The Bertz CT molecular complexity index is 972. The molecule has 2 aromatic rings. The van der Waals surface area contributed by atoms with Gasteiger partial charge in [-0.2, -0.15) is 0 Å². The molecule has 6 nitrogen and oxygen atoms in total. The van der Waals surface area contributed by atoms with Crippen molar-refractivity contribution in [3.8, 4) is 0 Å². The summed E-state index contributed by atoms with van der Waals surface area (Å²) in [4.78, 5) is 12.7. The summed E-state index contributed by atoms with van der Waals surface area (Å²) in [7, 11) is -3.80. The van der Waals surface area contributed by atoms with Crippen molar-refractivity contribution in [2.75, 3.05) is 4.72 Å². The number of hydrogen-bond acceptors (Lipinski definition) is 6. The van der Waals surface area contributed by atoms with Crippen molar-refractivity contribution in [1.29, 1.82) is 0 Å². The highest BCUT2D eigenvalue weighted by Crippen LogP contribution is 2.34. The van der Waals surface area contributed by atoms with E-state index < -0.39 is 21.6 Å². The quantitative estimate of drug-likeness (QED) is 0.447. The summed E-state index contributed by atoms with van der Waals surface area (Å²) < 4.78 is 33.7. The predicted molar refractivity (Wildman–Crippen MR) is 133 cm³/mol. The molecular formula is C22H33BrN2O4S2. The van der Waals surface area contributed by atoms with E-state index in [1.807, 2.05) is 0 Å². The van der Waals surface area contributed by atoms with Gasteiger partial charge in [-0.3, -0.25) is 4.72 Å². The molecule has 0 saturated carbocycles. The van der Waals surface area contributed by atoms with Crippen molar-refractivity contribution in [3.05, 3.63) is 44.6 Å². The maximum Gasteiger partial charge on any atom is 0.351 e. The lowest BCUT2D eigenvalue weighted by Gasteiger charge is -2.19. The molecule has 174 valence electrons. The maximum atomic E-state index is 12.6. The monoisotopic (exact) mass is 532 g/mol. The van der Waals surface area contributed by atoms with Crippen LogP contribution in [0.2, 0.25) is 0 Å². The minimum atomic E-state index is -3.80. The van der Waals surface area contributed by atoms with Gasteiger partial charge in [0.05, 0.1) is 14.4 Å².